The highest BCUT2D eigenvalue weighted by atomic mass is 16.3. The van der Waals surface area contributed by atoms with Gasteiger partial charge in [0.1, 0.15) is 11.6 Å². The van der Waals surface area contributed by atoms with E-state index in [1.54, 1.807) is 6.92 Å². The Bertz CT molecular complexity index is 501. The van der Waals surface area contributed by atoms with Crippen LogP contribution in [0.4, 0.5) is 0 Å². The molecule has 1 heterocycles. The summed E-state index contributed by atoms with van der Waals surface area (Å²) in [7, 11) is 0. The van der Waals surface area contributed by atoms with Crippen LogP contribution < -0.4 is 5.56 Å². The normalized spacial score (nSPS) is 9.07. The van der Waals surface area contributed by atoms with Gasteiger partial charge >= 0.3 is 0 Å². The van der Waals surface area contributed by atoms with Gasteiger partial charge in [-0.3, -0.25) is 9.36 Å². The van der Waals surface area contributed by atoms with Crippen molar-refractivity contribution in [2.24, 2.45) is 0 Å². The zero-order valence-electron chi connectivity index (χ0n) is 7.61. The number of terminal acetylenes is 1. The molecule has 70 valence electrons. The minimum atomic E-state index is -0.406. The molecule has 0 fully saturated rings. The summed E-state index contributed by atoms with van der Waals surface area (Å²) in [5.41, 5.74) is 0.125. The van der Waals surface area contributed by atoms with E-state index in [0.29, 0.717) is 5.56 Å². The third kappa shape index (κ3) is 1.46. The first-order valence-electron chi connectivity index (χ1n) is 3.88. The lowest BCUT2D eigenvalue weighted by molar-refractivity contribution is 0.415. The zero-order chi connectivity index (χ0) is 10.7. The molecule has 1 N–H and O–H groups in total. The van der Waals surface area contributed by atoms with Crippen LogP contribution in [0.25, 0.3) is 0 Å². The summed E-state index contributed by atoms with van der Waals surface area (Å²) in [5.74, 6) is 1.86. The lowest BCUT2D eigenvalue weighted by Crippen LogP contribution is -2.20. The quantitative estimate of drug-likeness (QED) is 0.647. The third-order valence-electron chi connectivity index (χ3n) is 1.84. The molecule has 0 aliphatic carbocycles. The Labute approximate surface area is 81.0 Å². The van der Waals surface area contributed by atoms with Crippen LogP contribution >= 0.6 is 0 Å². The van der Waals surface area contributed by atoms with Crippen molar-refractivity contribution >= 4 is 0 Å². The molecule has 0 aliphatic rings. The maximum atomic E-state index is 11.3. The highest BCUT2D eigenvalue weighted by Gasteiger charge is 2.10. The van der Waals surface area contributed by atoms with E-state index >= 15 is 0 Å². The van der Waals surface area contributed by atoms with Crippen molar-refractivity contribution in [2.45, 2.75) is 13.5 Å². The van der Waals surface area contributed by atoms with Gasteiger partial charge in [-0.2, -0.15) is 5.26 Å². The fourth-order valence-electron chi connectivity index (χ4n) is 1.13. The predicted molar refractivity (Wildman–Crippen MR) is 50.7 cm³/mol. The lowest BCUT2D eigenvalue weighted by atomic mass is 10.1. The molecule has 4 nitrogen and oxygen atoms in total. The second-order valence-corrected chi connectivity index (χ2v) is 2.77. The van der Waals surface area contributed by atoms with Crippen molar-refractivity contribution < 1.29 is 5.11 Å². The number of hydrogen-bond acceptors (Lipinski definition) is 3. The summed E-state index contributed by atoms with van der Waals surface area (Å²) in [4.78, 5) is 11.3. The van der Waals surface area contributed by atoms with Gasteiger partial charge in [0.05, 0.1) is 6.54 Å². The summed E-state index contributed by atoms with van der Waals surface area (Å²) >= 11 is 0. The molecular weight excluding hydrogens is 180 g/mol. The van der Waals surface area contributed by atoms with Gasteiger partial charge in [-0.1, -0.05) is 5.92 Å². The van der Waals surface area contributed by atoms with Gasteiger partial charge < -0.3 is 5.11 Å². The van der Waals surface area contributed by atoms with Crippen LogP contribution in [0.2, 0.25) is 0 Å². The first-order valence-corrected chi connectivity index (χ1v) is 3.88. The number of rotatable bonds is 1. The smallest absolute Gasteiger partial charge is 0.254 e. The van der Waals surface area contributed by atoms with Crippen molar-refractivity contribution in [1.82, 2.24) is 4.57 Å². The lowest BCUT2D eigenvalue weighted by Gasteiger charge is -2.07. The molecular formula is C10H8N2O2. The molecule has 0 atom stereocenters. The Hall–Kier alpha value is -2.20. The Morgan fingerprint density at radius 2 is 2.36 bits per heavy atom. The van der Waals surface area contributed by atoms with Crippen LogP contribution in [-0.4, -0.2) is 9.67 Å². The summed E-state index contributed by atoms with van der Waals surface area (Å²) in [5, 5.41) is 18.2. The van der Waals surface area contributed by atoms with E-state index < -0.39 is 5.56 Å². The first-order chi connectivity index (χ1) is 6.61. The molecule has 14 heavy (non-hydrogen) atoms. The molecule has 0 unspecified atom stereocenters. The van der Waals surface area contributed by atoms with Gasteiger partial charge in [0.2, 0.25) is 5.88 Å². The van der Waals surface area contributed by atoms with Crippen LogP contribution in [0.3, 0.4) is 0 Å². The van der Waals surface area contributed by atoms with Crippen LogP contribution in [0.1, 0.15) is 11.1 Å². The van der Waals surface area contributed by atoms with Crippen molar-refractivity contribution in [3.05, 3.63) is 27.5 Å². The predicted octanol–water partition coefficient (Wildman–Crippen LogP) is 0.367. The molecule has 0 saturated carbocycles. The zero-order valence-corrected chi connectivity index (χ0v) is 7.61. The second kappa shape index (κ2) is 3.68. The SMILES string of the molecule is C#CCn1c(O)c(C#N)c(C)cc1=O. The van der Waals surface area contributed by atoms with Gasteiger partial charge in [0, 0.05) is 6.07 Å². The second-order valence-electron chi connectivity index (χ2n) is 2.77. The fourth-order valence-corrected chi connectivity index (χ4v) is 1.13. The Kier molecular flexibility index (Phi) is 2.59. The molecule has 1 rings (SSSR count). The van der Waals surface area contributed by atoms with Gasteiger partial charge in [0.25, 0.3) is 5.56 Å². The minimum Gasteiger partial charge on any atom is -0.493 e. The summed E-state index contributed by atoms with van der Waals surface area (Å²) in [6.07, 6.45) is 5.02. The molecule has 0 aliphatic heterocycles. The van der Waals surface area contributed by atoms with Gasteiger partial charge in [-0.25, -0.2) is 0 Å². The molecule has 0 radical (unpaired) electrons. The standard InChI is InChI=1S/C10H8N2O2/c1-3-4-12-9(13)5-7(2)8(6-11)10(12)14/h1,5,14H,4H2,2H3. The Morgan fingerprint density at radius 1 is 1.71 bits per heavy atom. The molecule has 0 bridgehead atoms. The number of hydrogen-bond donors (Lipinski definition) is 1. The Morgan fingerprint density at radius 3 is 2.86 bits per heavy atom. The minimum absolute atomic E-state index is 0.0420. The van der Waals surface area contributed by atoms with Gasteiger partial charge in [0.15, 0.2) is 0 Å². The Balaban J connectivity index is 3.56. The van der Waals surface area contributed by atoms with Crippen LogP contribution in [0.5, 0.6) is 5.88 Å². The van der Waals surface area contributed by atoms with Crippen molar-refractivity contribution in [3.63, 3.8) is 0 Å². The summed E-state index contributed by atoms with van der Waals surface area (Å²) in [6.45, 7) is 1.54. The molecule has 4 heteroatoms. The van der Waals surface area contributed by atoms with Crippen molar-refractivity contribution in [2.75, 3.05) is 0 Å². The van der Waals surface area contributed by atoms with Crippen molar-refractivity contribution in [1.29, 1.82) is 5.26 Å². The van der Waals surface area contributed by atoms with E-state index in [1.165, 1.54) is 6.07 Å². The van der Waals surface area contributed by atoms with E-state index in [1.807, 2.05) is 6.07 Å². The summed E-state index contributed by atoms with van der Waals surface area (Å²) < 4.78 is 0.978. The molecule has 0 spiro atoms. The van der Waals surface area contributed by atoms with Gasteiger partial charge in [-0.05, 0) is 12.5 Å². The highest BCUT2D eigenvalue weighted by molar-refractivity contribution is 5.43. The molecule has 0 aromatic carbocycles. The number of aromatic hydroxyl groups is 1. The van der Waals surface area contributed by atoms with Crippen LogP contribution in [0.15, 0.2) is 10.9 Å². The fraction of sp³-hybridized carbons (Fsp3) is 0.200. The molecule has 0 saturated heterocycles. The molecule has 0 amide bonds. The van der Waals surface area contributed by atoms with Crippen LogP contribution in [-0.2, 0) is 6.54 Å². The number of pyridine rings is 1. The van der Waals surface area contributed by atoms with Crippen molar-refractivity contribution in [3.8, 4) is 24.3 Å². The van der Waals surface area contributed by atoms with E-state index in [0.717, 1.165) is 4.57 Å². The maximum absolute atomic E-state index is 11.3. The topological polar surface area (TPSA) is 66.0 Å². The van der Waals surface area contributed by atoms with E-state index in [9.17, 15) is 9.90 Å². The van der Waals surface area contributed by atoms with Crippen LogP contribution in [0, 0.1) is 30.6 Å². The largest absolute Gasteiger partial charge is 0.493 e. The monoisotopic (exact) mass is 188 g/mol. The van der Waals surface area contributed by atoms with Gasteiger partial charge in [-0.15, -0.1) is 6.42 Å². The van der Waals surface area contributed by atoms with E-state index in [-0.39, 0.29) is 18.0 Å². The highest BCUT2D eigenvalue weighted by Crippen LogP contribution is 2.16. The van der Waals surface area contributed by atoms with E-state index in [4.69, 9.17) is 11.7 Å². The van der Waals surface area contributed by atoms with E-state index in [2.05, 4.69) is 5.92 Å². The third-order valence-corrected chi connectivity index (χ3v) is 1.84. The average Bonchev–Trinajstić information content (AvgIpc) is 2.12. The maximum Gasteiger partial charge on any atom is 0.254 e. The number of aryl methyl sites for hydroxylation is 1. The average molecular weight is 188 g/mol. The summed E-state index contributed by atoms with van der Waals surface area (Å²) in [6, 6.07) is 3.08. The first kappa shape index (κ1) is 9.88. The number of nitrogens with zero attached hydrogens (tertiary/aromatic N) is 2. The molecule has 1 aromatic heterocycles. The molecule has 1 aromatic rings. The number of aromatic nitrogens is 1. The number of nitriles is 1.